The summed E-state index contributed by atoms with van der Waals surface area (Å²) in [5.41, 5.74) is 1.72. The summed E-state index contributed by atoms with van der Waals surface area (Å²) in [6, 6.07) is 0. The smallest absolute Gasteiger partial charge is 0.153 e. The molecule has 2 heteroatoms. The summed E-state index contributed by atoms with van der Waals surface area (Å²) < 4.78 is 5.63. The van der Waals surface area contributed by atoms with Gasteiger partial charge in [0.2, 0.25) is 0 Å². The van der Waals surface area contributed by atoms with E-state index in [2.05, 4.69) is 34.0 Å². The Morgan fingerprint density at radius 2 is 2.00 bits per heavy atom. The van der Waals surface area contributed by atoms with E-state index >= 15 is 0 Å². The summed E-state index contributed by atoms with van der Waals surface area (Å²) in [4.78, 5) is 0. The van der Waals surface area contributed by atoms with Gasteiger partial charge in [0.25, 0.3) is 0 Å². The van der Waals surface area contributed by atoms with E-state index in [1.165, 1.54) is 5.57 Å². The first-order chi connectivity index (χ1) is 5.49. The number of hydrogen-bond acceptors (Lipinski definition) is 2. The number of ether oxygens (including phenoxy) is 1. The van der Waals surface area contributed by atoms with Crippen molar-refractivity contribution in [2.24, 2.45) is 11.3 Å². The second kappa shape index (κ2) is 3.33. The molecular weight excluding hydrogens is 168 g/mol. The normalized spacial score (nSPS) is 21.8. The lowest BCUT2D eigenvalue weighted by atomic mass is 9.81. The summed E-state index contributed by atoms with van der Waals surface area (Å²) in [6.07, 6.45) is 2.08. The van der Waals surface area contributed by atoms with Crippen LogP contribution in [-0.4, -0.2) is 12.9 Å². The van der Waals surface area contributed by atoms with Gasteiger partial charge >= 0.3 is 0 Å². The molecular formula is C10H18OS. The minimum absolute atomic E-state index is 0.243. The first kappa shape index (κ1) is 9.97. The maximum atomic E-state index is 5.63. The van der Waals surface area contributed by atoms with Crippen molar-refractivity contribution in [3.05, 3.63) is 10.7 Å². The van der Waals surface area contributed by atoms with E-state index in [9.17, 15) is 0 Å². The van der Waals surface area contributed by atoms with Crippen LogP contribution in [0.2, 0.25) is 0 Å². The fourth-order valence-corrected chi connectivity index (χ4v) is 2.77. The van der Waals surface area contributed by atoms with Gasteiger partial charge in [-0.05, 0) is 17.7 Å². The highest BCUT2D eigenvalue weighted by atomic mass is 32.2. The summed E-state index contributed by atoms with van der Waals surface area (Å²) in [7, 11) is 0. The van der Waals surface area contributed by atoms with Crippen molar-refractivity contribution in [1.82, 2.24) is 0 Å². The molecule has 70 valence electrons. The molecule has 0 atom stereocenters. The quantitative estimate of drug-likeness (QED) is 0.654. The molecule has 1 nitrogen and oxygen atoms in total. The highest BCUT2D eigenvalue weighted by molar-refractivity contribution is 8.02. The molecule has 1 rings (SSSR count). The van der Waals surface area contributed by atoms with Gasteiger partial charge in [-0.1, -0.05) is 39.5 Å². The van der Waals surface area contributed by atoms with Crippen LogP contribution in [0.4, 0.5) is 0 Å². The lowest BCUT2D eigenvalue weighted by Gasteiger charge is -2.22. The van der Waals surface area contributed by atoms with Gasteiger partial charge in [0.1, 0.15) is 0 Å². The van der Waals surface area contributed by atoms with Crippen LogP contribution in [0.25, 0.3) is 0 Å². The molecule has 0 saturated carbocycles. The number of hydrogen-bond donors (Lipinski definition) is 0. The van der Waals surface area contributed by atoms with E-state index < -0.39 is 0 Å². The Labute approximate surface area is 79.6 Å². The van der Waals surface area contributed by atoms with Gasteiger partial charge in [0.15, 0.2) is 5.09 Å². The van der Waals surface area contributed by atoms with Crippen LogP contribution < -0.4 is 0 Å². The highest BCUT2D eigenvalue weighted by Crippen LogP contribution is 2.43. The second-order valence-corrected chi connectivity index (χ2v) is 5.01. The molecule has 0 aliphatic carbocycles. The monoisotopic (exact) mass is 186 g/mol. The van der Waals surface area contributed by atoms with Gasteiger partial charge in [-0.2, -0.15) is 0 Å². The maximum absolute atomic E-state index is 5.63. The van der Waals surface area contributed by atoms with Crippen molar-refractivity contribution in [3.8, 4) is 0 Å². The molecule has 0 spiro atoms. The van der Waals surface area contributed by atoms with Gasteiger partial charge in [0, 0.05) is 5.41 Å². The molecule has 0 aromatic rings. The highest BCUT2D eigenvalue weighted by Gasteiger charge is 2.35. The Bertz CT molecular complexity index is 204. The largest absolute Gasteiger partial charge is 0.487 e. The topological polar surface area (TPSA) is 9.23 Å². The first-order valence-corrected chi connectivity index (χ1v) is 5.63. The molecule has 1 aliphatic rings. The van der Waals surface area contributed by atoms with Crippen LogP contribution >= 0.6 is 11.8 Å². The predicted octanol–water partition coefficient (Wildman–Crippen LogP) is 3.27. The molecule has 0 amide bonds. The minimum Gasteiger partial charge on any atom is -0.487 e. The van der Waals surface area contributed by atoms with Crippen molar-refractivity contribution in [3.63, 3.8) is 0 Å². The van der Waals surface area contributed by atoms with Crippen LogP contribution in [0.1, 0.15) is 27.7 Å². The predicted molar refractivity (Wildman–Crippen MR) is 55.1 cm³/mol. The van der Waals surface area contributed by atoms with Gasteiger partial charge in [-0.25, -0.2) is 0 Å². The van der Waals surface area contributed by atoms with Crippen molar-refractivity contribution in [1.29, 1.82) is 0 Å². The SMILES string of the molecule is CSC1=C(C(C)C)C(C)(C)CO1. The molecule has 0 N–H and O–H groups in total. The van der Waals surface area contributed by atoms with Crippen LogP contribution in [0.3, 0.4) is 0 Å². The van der Waals surface area contributed by atoms with Gasteiger partial charge in [-0.15, -0.1) is 0 Å². The lowest BCUT2D eigenvalue weighted by Crippen LogP contribution is -2.18. The van der Waals surface area contributed by atoms with E-state index in [0.29, 0.717) is 5.92 Å². The van der Waals surface area contributed by atoms with E-state index in [0.717, 1.165) is 11.7 Å². The second-order valence-electron chi connectivity index (χ2n) is 4.23. The number of rotatable bonds is 2. The molecule has 0 aromatic heterocycles. The van der Waals surface area contributed by atoms with Crippen molar-refractivity contribution in [2.75, 3.05) is 12.9 Å². The molecule has 0 saturated heterocycles. The average Bonchev–Trinajstić information content (AvgIpc) is 2.24. The molecule has 12 heavy (non-hydrogen) atoms. The molecule has 0 bridgehead atoms. The minimum atomic E-state index is 0.243. The van der Waals surface area contributed by atoms with Crippen LogP contribution in [0, 0.1) is 11.3 Å². The zero-order valence-corrected chi connectivity index (χ0v) is 9.42. The van der Waals surface area contributed by atoms with Crippen LogP contribution in [0.5, 0.6) is 0 Å². The Hall–Kier alpha value is -0.110. The van der Waals surface area contributed by atoms with Crippen LogP contribution in [-0.2, 0) is 4.74 Å². The van der Waals surface area contributed by atoms with Gasteiger partial charge in [-0.3, -0.25) is 0 Å². The van der Waals surface area contributed by atoms with Crippen LogP contribution in [0.15, 0.2) is 10.7 Å². The number of thioether (sulfide) groups is 1. The molecule has 0 aromatic carbocycles. The fourth-order valence-electron chi connectivity index (χ4n) is 1.86. The van der Waals surface area contributed by atoms with E-state index in [1.54, 1.807) is 11.8 Å². The lowest BCUT2D eigenvalue weighted by molar-refractivity contribution is 0.199. The molecule has 0 fully saturated rings. The Balaban J connectivity index is 2.97. The van der Waals surface area contributed by atoms with E-state index in [-0.39, 0.29) is 5.41 Å². The standard InChI is InChI=1S/C10H18OS/c1-7(2)8-9(12-5)11-6-10(8,3)4/h7H,6H2,1-5H3. The third kappa shape index (κ3) is 1.63. The van der Waals surface area contributed by atoms with Gasteiger partial charge < -0.3 is 4.74 Å². The molecule has 0 radical (unpaired) electrons. The summed E-state index contributed by atoms with van der Waals surface area (Å²) in [5, 5.41) is 1.15. The van der Waals surface area contributed by atoms with Gasteiger partial charge in [0.05, 0.1) is 6.61 Å². The van der Waals surface area contributed by atoms with E-state index in [1.807, 2.05) is 0 Å². The summed E-state index contributed by atoms with van der Waals surface area (Å²) in [5.74, 6) is 0.602. The zero-order valence-electron chi connectivity index (χ0n) is 8.60. The van der Waals surface area contributed by atoms with Crippen molar-refractivity contribution < 1.29 is 4.74 Å². The summed E-state index contributed by atoms with van der Waals surface area (Å²) in [6.45, 7) is 9.83. The van der Waals surface area contributed by atoms with E-state index in [4.69, 9.17) is 4.74 Å². The Kier molecular flexibility index (Phi) is 2.77. The first-order valence-electron chi connectivity index (χ1n) is 4.40. The fraction of sp³-hybridized carbons (Fsp3) is 0.800. The third-order valence-corrected chi connectivity index (χ3v) is 2.98. The van der Waals surface area contributed by atoms with Crippen molar-refractivity contribution >= 4 is 11.8 Å². The Morgan fingerprint density at radius 3 is 2.33 bits per heavy atom. The zero-order chi connectivity index (χ0) is 9.35. The Morgan fingerprint density at radius 1 is 1.42 bits per heavy atom. The summed E-state index contributed by atoms with van der Waals surface area (Å²) >= 11 is 1.73. The average molecular weight is 186 g/mol. The molecule has 1 aliphatic heterocycles. The molecule has 0 unspecified atom stereocenters. The third-order valence-electron chi connectivity index (χ3n) is 2.28. The molecule has 1 heterocycles. The maximum Gasteiger partial charge on any atom is 0.153 e. The van der Waals surface area contributed by atoms with Crippen molar-refractivity contribution in [2.45, 2.75) is 27.7 Å².